The van der Waals surface area contributed by atoms with Crippen LogP contribution in [0.3, 0.4) is 0 Å². The Morgan fingerprint density at radius 3 is 2.92 bits per heavy atom. The molecule has 0 bridgehead atoms. The van der Waals surface area contributed by atoms with Crippen molar-refractivity contribution >= 4 is 5.91 Å². The molecular formula is C18H21N3O4. The summed E-state index contributed by atoms with van der Waals surface area (Å²) in [6, 6.07) is 9.13. The Morgan fingerprint density at radius 2 is 2.12 bits per heavy atom. The number of carbonyl (C=O) groups excluding carboxylic acids is 1. The van der Waals surface area contributed by atoms with E-state index in [0.29, 0.717) is 30.3 Å². The van der Waals surface area contributed by atoms with Crippen molar-refractivity contribution in [3.05, 3.63) is 42.1 Å². The van der Waals surface area contributed by atoms with Crippen molar-refractivity contribution in [2.24, 2.45) is 0 Å². The third kappa shape index (κ3) is 4.17. The fraction of sp³-hybridized carbons (Fsp3) is 0.389. The first-order valence-electron chi connectivity index (χ1n) is 8.16. The Labute approximate surface area is 146 Å². The van der Waals surface area contributed by atoms with Crippen LogP contribution in [-0.4, -0.2) is 54.2 Å². The minimum Gasteiger partial charge on any atom is -0.497 e. The van der Waals surface area contributed by atoms with E-state index >= 15 is 0 Å². The number of benzene rings is 1. The standard InChI is InChI=1S/C18H21N3O4/c1-23-14-6-3-5-13(11-14)17(22)21-10-4-7-15(12-21)25-16-8-9-19-18(20-16)24-2/h3,5-6,8-9,11,15H,4,7,10,12H2,1-2H3. The van der Waals surface area contributed by atoms with Crippen LogP contribution in [-0.2, 0) is 0 Å². The van der Waals surface area contributed by atoms with Gasteiger partial charge in [-0.3, -0.25) is 4.79 Å². The van der Waals surface area contributed by atoms with E-state index in [-0.39, 0.29) is 18.0 Å². The van der Waals surface area contributed by atoms with Gasteiger partial charge in [-0.15, -0.1) is 0 Å². The molecule has 1 unspecified atom stereocenters. The van der Waals surface area contributed by atoms with E-state index in [0.717, 1.165) is 12.8 Å². The van der Waals surface area contributed by atoms with E-state index in [2.05, 4.69) is 9.97 Å². The van der Waals surface area contributed by atoms with Gasteiger partial charge in [0, 0.05) is 24.4 Å². The second-order valence-corrected chi connectivity index (χ2v) is 5.75. The molecule has 1 amide bonds. The summed E-state index contributed by atoms with van der Waals surface area (Å²) in [6.45, 7) is 1.23. The molecule has 1 aliphatic rings. The number of ether oxygens (including phenoxy) is 3. The van der Waals surface area contributed by atoms with Gasteiger partial charge in [0.05, 0.1) is 20.8 Å². The third-order valence-electron chi connectivity index (χ3n) is 4.06. The summed E-state index contributed by atoms with van der Waals surface area (Å²) in [6.07, 6.45) is 3.22. The average Bonchev–Trinajstić information content (AvgIpc) is 2.68. The minimum absolute atomic E-state index is 0.0209. The quantitative estimate of drug-likeness (QED) is 0.828. The van der Waals surface area contributed by atoms with Crippen LogP contribution in [0.5, 0.6) is 17.6 Å². The van der Waals surface area contributed by atoms with Crippen LogP contribution in [0.4, 0.5) is 0 Å². The zero-order chi connectivity index (χ0) is 17.6. The number of rotatable bonds is 5. The molecule has 7 nitrogen and oxygen atoms in total. The maximum atomic E-state index is 12.7. The molecule has 25 heavy (non-hydrogen) atoms. The number of methoxy groups -OCH3 is 2. The Balaban J connectivity index is 1.66. The third-order valence-corrected chi connectivity index (χ3v) is 4.06. The predicted octanol–water partition coefficient (Wildman–Crippen LogP) is 2.18. The second-order valence-electron chi connectivity index (χ2n) is 5.75. The number of hydrogen-bond acceptors (Lipinski definition) is 6. The molecule has 0 radical (unpaired) electrons. The molecule has 1 fully saturated rings. The molecule has 1 aliphatic heterocycles. The van der Waals surface area contributed by atoms with Crippen LogP contribution in [0.2, 0.25) is 0 Å². The predicted molar refractivity (Wildman–Crippen MR) is 91.1 cm³/mol. The zero-order valence-corrected chi connectivity index (χ0v) is 14.3. The number of aromatic nitrogens is 2. The van der Waals surface area contributed by atoms with Gasteiger partial charge in [0.15, 0.2) is 0 Å². The van der Waals surface area contributed by atoms with Crippen molar-refractivity contribution in [3.63, 3.8) is 0 Å². The second kappa shape index (κ2) is 7.83. The number of carbonyl (C=O) groups is 1. The Morgan fingerprint density at radius 1 is 1.24 bits per heavy atom. The van der Waals surface area contributed by atoms with Crippen LogP contribution in [0.25, 0.3) is 0 Å². The molecule has 7 heteroatoms. The summed E-state index contributed by atoms with van der Waals surface area (Å²) in [5, 5.41) is 0. The van der Waals surface area contributed by atoms with Gasteiger partial charge in [0.2, 0.25) is 5.88 Å². The number of amides is 1. The van der Waals surface area contributed by atoms with E-state index in [9.17, 15) is 4.79 Å². The van der Waals surface area contributed by atoms with Gasteiger partial charge in [-0.2, -0.15) is 4.98 Å². The van der Waals surface area contributed by atoms with Crippen molar-refractivity contribution in [2.75, 3.05) is 27.3 Å². The van der Waals surface area contributed by atoms with E-state index in [1.165, 1.54) is 7.11 Å². The van der Waals surface area contributed by atoms with Crippen LogP contribution in [0, 0.1) is 0 Å². The average molecular weight is 343 g/mol. The van der Waals surface area contributed by atoms with Gasteiger partial charge in [-0.05, 0) is 31.0 Å². The highest BCUT2D eigenvalue weighted by atomic mass is 16.5. The number of hydrogen-bond donors (Lipinski definition) is 0. The normalized spacial score (nSPS) is 17.0. The lowest BCUT2D eigenvalue weighted by Gasteiger charge is -2.32. The van der Waals surface area contributed by atoms with Gasteiger partial charge >= 0.3 is 6.01 Å². The first-order chi connectivity index (χ1) is 12.2. The van der Waals surface area contributed by atoms with Gasteiger partial charge in [-0.1, -0.05) is 6.07 Å². The number of likely N-dealkylation sites (tertiary alicyclic amines) is 1. The summed E-state index contributed by atoms with van der Waals surface area (Å²) in [5.74, 6) is 1.10. The molecule has 2 aromatic rings. The molecular weight excluding hydrogens is 322 g/mol. The lowest BCUT2D eigenvalue weighted by atomic mass is 10.1. The number of nitrogens with zero attached hydrogens (tertiary/aromatic N) is 3. The Bertz CT molecular complexity index is 738. The zero-order valence-electron chi connectivity index (χ0n) is 14.3. The van der Waals surface area contributed by atoms with Gasteiger partial charge in [0.1, 0.15) is 11.9 Å². The monoisotopic (exact) mass is 343 g/mol. The summed E-state index contributed by atoms with van der Waals surface area (Å²) in [7, 11) is 3.10. The highest BCUT2D eigenvalue weighted by molar-refractivity contribution is 5.94. The van der Waals surface area contributed by atoms with Crippen molar-refractivity contribution in [2.45, 2.75) is 18.9 Å². The summed E-state index contributed by atoms with van der Waals surface area (Å²) in [5.41, 5.74) is 0.615. The Hall–Kier alpha value is -2.83. The lowest BCUT2D eigenvalue weighted by Crippen LogP contribution is -2.44. The molecule has 1 aromatic heterocycles. The highest BCUT2D eigenvalue weighted by Crippen LogP contribution is 2.21. The molecule has 0 spiro atoms. The van der Waals surface area contributed by atoms with Crippen molar-refractivity contribution in [1.29, 1.82) is 0 Å². The molecule has 1 atom stereocenters. The largest absolute Gasteiger partial charge is 0.497 e. The van der Waals surface area contributed by atoms with Crippen molar-refractivity contribution < 1.29 is 19.0 Å². The van der Waals surface area contributed by atoms with Gasteiger partial charge < -0.3 is 19.1 Å². The minimum atomic E-state index is -0.108. The van der Waals surface area contributed by atoms with Gasteiger partial charge in [-0.25, -0.2) is 4.98 Å². The molecule has 1 saturated heterocycles. The first-order valence-corrected chi connectivity index (χ1v) is 8.16. The van der Waals surface area contributed by atoms with E-state index in [1.807, 2.05) is 12.1 Å². The van der Waals surface area contributed by atoms with E-state index in [4.69, 9.17) is 14.2 Å². The molecule has 0 saturated carbocycles. The highest BCUT2D eigenvalue weighted by Gasteiger charge is 2.26. The SMILES string of the molecule is COc1cccc(C(=O)N2CCCC(Oc3ccnc(OC)n3)C2)c1. The molecule has 3 rings (SSSR count). The number of piperidine rings is 1. The summed E-state index contributed by atoms with van der Waals surface area (Å²) < 4.78 is 16.1. The lowest BCUT2D eigenvalue weighted by molar-refractivity contribution is 0.0525. The fourth-order valence-corrected chi connectivity index (χ4v) is 2.82. The van der Waals surface area contributed by atoms with Crippen LogP contribution < -0.4 is 14.2 Å². The molecule has 1 aromatic carbocycles. The van der Waals surface area contributed by atoms with E-state index < -0.39 is 0 Å². The maximum absolute atomic E-state index is 12.7. The van der Waals surface area contributed by atoms with Crippen LogP contribution in [0.15, 0.2) is 36.5 Å². The smallest absolute Gasteiger partial charge is 0.319 e. The van der Waals surface area contributed by atoms with Crippen molar-refractivity contribution in [1.82, 2.24) is 14.9 Å². The van der Waals surface area contributed by atoms with Crippen molar-refractivity contribution in [3.8, 4) is 17.6 Å². The summed E-state index contributed by atoms with van der Waals surface area (Å²) >= 11 is 0. The van der Waals surface area contributed by atoms with E-state index in [1.54, 1.807) is 36.4 Å². The van der Waals surface area contributed by atoms with Crippen LogP contribution in [0.1, 0.15) is 23.2 Å². The van der Waals surface area contributed by atoms with Crippen LogP contribution >= 0.6 is 0 Å². The topological polar surface area (TPSA) is 73.8 Å². The Kier molecular flexibility index (Phi) is 5.33. The fourth-order valence-electron chi connectivity index (χ4n) is 2.82. The van der Waals surface area contributed by atoms with Gasteiger partial charge in [0.25, 0.3) is 5.91 Å². The molecule has 0 aliphatic carbocycles. The molecule has 0 N–H and O–H groups in total. The maximum Gasteiger partial charge on any atom is 0.319 e. The summed E-state index contributed by atoms with van der Waals surface area (Å²) in [4.78, 5) is 22.7. The molecule has 2 heterocycles. The molecule has 132 valence electrons. The first kappa shape index (κ1) is 17.0.